The van der Waals surface area contributed by atoms with Crippen molar-refractivity contribution in [3.63, 3.8) is 0 Å². The summed E-state index contributed by atoms with van der Waals surface area (Å²) in [6.07, 6.45) is -1.54. The average molecular weight is 291 g/mol. The molecule has 1 aromatic rings. The van der Waals surface area contributed by atoms with Crippen LogP contribution in [0.5, 0.6) is 0 Å². The highest BCUT2D eigenvalue weighted by Crippen LogP contribution is 2.18. The van der Waals surface area contributed by atoms with E-state index in [1.54, 1.807) is 13.8 Å². The fourth-order valence-corrected chi connectivity index (χ4v) is 1.58. The first-order valence-electron chi connectivity index (χ1n) is 6.20. The maximum Gasteiger partial charge on any atom is 0.511 e. The van der Waals surface area contributed by atoms with Crippen molar-refractivity contribution in [1.82, 2.24) is 9.98 Å². The monoisotopic (exact) mass is 291 g/mol. The van der Waals surface area contributed by atoms with E-state index in [-0.39, 0.29) is 6.10 Å². The number of aliphatic carboxylic acids is 1. The molecule has 2 atom stereocenters. The van der Waals surface area contributed by atoms with Gasteiger partial charge in [0.05, 0.1) is 11.1 Å². The van der Waals surface area contributed by atoms with Gasteiger partial charge in [0.1, 0.15) is 11.1 Å². The lowest BCUT2D eigenvalue weighted by atomic mass is 10.1. The number of nitrogens with zero attached hydrogens (tertiary/aromatic N) is 3. The molecule has 0 bridgehead atoms. The maximum absolute atomic E-state index is 11.2. The van der Waals surface area contributed by atoms with E-state index >= 15 is 0 Å². The molecule has 10 heteroatoms. The summed E-state index contributed by atoms with van der Waals surface area (Å²) in [5.41, 5.74) is 0. The molecular weight excluding hydrogens is 274 g/mol. The van der Waals surface area contributed by atoms with Gasteiger partial charge in [-0.15, -0.1) is 0 Å². The number of ether oxygens (including phenoxy) is 2. The predicted molar refractivity (Wildman–Crippen MR) is 62.6 cm³/mol. The van der Waals surface area contributed by atoms with Crippen LogP contribution in [0.2, 0.25) is 0 Å². The van der Waals surface area contributed by atoms with Gasteiger partial charge in [0.2, 0.25) is 0 Å². The van der Waals surface area contributed by atoms with Gasteiger partial charge in [-0.05, 0) is 20.3 Å². The Morgan fingerprint density at radius 2 is 2.00 bits per heavy atom. The van der Waals surface area contributed by atoms with Crippen molar-refractivity contribution in [3.05, 3.63) is 0 Å². The summed E-state index contributed by atoms with van der Waals surface area (Å²) >= 11 is 0. The van der Waals surface area contributed by atoms with E-state index in [1.165, 1.54) is 11.9 Å². The zero-order valence-corrected chi connectivity index (χ0v) is 11.4. The molecule has 1 aliphatic rings. The Labute approximate surface area is 114 Å². The van der Waals surface area contributed by atoms with Crippen LogP contribution in [0.15, 0.2) is 4.63 Å². The number of carboxylic acid groups (broad SMARTS) is 1. The molecule has 0 amide bonds. The lowest BCUT2D eigenvalue weighted by molar-refractivity contribution is -0.141. The van der Waals surface area contributed by atoms with Gasteiger partial charge in [0.25, 0.3) is 6.29 Å². The van der Waals surface area contributed by atoms with Gasteiger partial charge in [0.15, 0.2) is 0 Å². The van der Waals surface area contributed by atoms with Crippen molar-refractivity contribution >= 4 is 12.1 Å². The number of carbonyl (C=O) groups is 2. The van der Waals surface area contributed by atoms with Crippen molar-refractivity contribution in [3.8, 4) is 0 Å². The first-order valence-corrected chi connectivity index (χ1v) is 6.20. The summed E-state index contributed by atoms with van der Waals surface area (Å²) in [5, 5.41) is 11.3. The molecule has 2 rings (SSSR count). The van der Waals surface area contributed by atoms with Crippen LogP contribution in [0, 0.1) is 0 Å². The lowest BCUT2D eigenvalue weighted by Gasteiger charge is -2.33. The van der Waals surface area contributed by atoms with Crippen LogP contribution in [0.1, 0.15) is 27.2 Å². The number of hydrogen-bond acceptors (Lipinski definition) is 7. The van der Waals surface area contributed by atoms with Crippen molar-refractivity contribution in [2.75, 3.05) is 11.6 Å². The van der Waals surface area contributed by atoms with Gasteiger partial charge in [-0.2, -0.15) is 4.63 Å². The highest BCUT2D eigenvalue weighted by atomic mass is 17.0. The Bertz CT molecular complexity index is 474. The van der Waals surface area contributed by atoms with Gasteiger partial charge < -0.3 is 19.4 Å². The minimum absolute atomic E-state index is 0.291. The summed E-state index contributed by atoms with van der Waals surface area (Å²) in [7, 11) is 0. The lowest BCUT2D eigenvalue weighted by Crippen LogP contribution is -2.57. The molecule has 20 heavy (non-hydrogen) atoms. The van der Waals surface area contributed by atoms with Crippen LogP contribution in [0.3, 0.4) is 0 Å². The molecule has 0 radical (unpaired) electrons. The Morgan fingerprint density at radius 3 is 2.50 bits per heavy atom. The SMILES string of the molecule is CC(C)OC(=O)OC(C)On1on1N1CC[C@H]1C(=O)O. The zero-order valence-electron chi connectivity index (χ0n) is 11.4. The largest absolute Gasteiger partial charge is 0.511 e. The summed E-state index contributed by atoms with van der Waals surface area (Å²) in [5.74, 6) is -0.934. The predicted octanol–water partition coefficient (Wildman–Crippen LogP) is 0.0137. The molecule has 1 aliphatic heterocycles. The van der Waals surface area contributed by atoms with Crippen LogP contribution in [0.4, 0.5) is 4.79 Å². The molecule has 114 valence electrons. The third-order valence-corrected chi connectivity index (χ3v) is 2.59. The third kappa shape index (κ3) is 3.19. The van der Waals surface area contributed by atoms with Crippen LogP contribution in [-0.4, -0.2) is 52.2 Å². The minimum Gasteiger partial charge on any atom is -0.480 e. The number of hydrogen-bond donors (Lipinski definition) is 1. The Morgan fingerprint density at radius 1 is 1.30 bits per heavy atom. The fourth-order valence-electron chi connectivity index (χ4n) is 1.58. The highest BCUT2D eigenvalue weighted by Gasteiger charge is 2.40. The average Bonchev–Trinajstić information content (AvgIpc) is 2.91. The molecule has 1 unspecified atom stereocenters. The molecule has 2 heterocycles. The van der Waals surface area contributed by atoms with Crippen LogP contribution >= 0.6 is 0 Å². The molecule has 0 spiro atoms. The molecular formula is C10H17N3O7. The van der Waals surface area contributed by atoms with Gasteiger partial charge in [-0.3, -0.25) is 0 Å². The van der Waals surface area contributed by atoms with Gasteiger partial charge in [-0.1, -0.05) is 0 Å². The molecule has 10 nitrogen and oxygen atoms in total. The first kappa shape index (κ1) is 14.2. The molecule has 0 saturated carbocycles. The molecule has 1 fully saturated rings. The quantitative estimate of drug-likeness (QED) is 0.577. The molecule has 0 aliphatic carbocycles. The Hall–Kier alpha value is -2.26. The summed E-state index contributed by atoms with van der Waals surface area (Å²) in [6.45, 7) is 5.41. The van der Waals surface area contributed by atoms with Crippen molar-refractivity contribution < 1.29 is 33.6 Å². The maximum atomic E-state index is 11.2. The van der Waals surface area contributed by atoms with E-state index in [9.17, 15) is 9.59 Å². The third-order valence-electron chi connectivity index (χ3n) is 2.59. The van der Waals surface area contributed by atoms with Crippen LogP contribution in [0.25, 0.3) is 0 Å². The molecule has 1 aromatic heterocycles. The number of rotatable bonds is 6. The molecule has 1 saturated heterocycles. The summed E-state index contributed by atoms with van der Waals surface area (Å²) in [6, 6.07) is -0.634. The normalized spacial score (nSPS) is 19.6. The topological polar surface area (TPSA) is 108 Å². The van der Waals surface area contributed by atoms with E-state index < -0.39 is 24.5 Å². The standard InChI is InChI=1S/C10H17N3O7/c1-6(2)17-10(16)18-7(3)19-13-12(20-13)11-5-4-8(11)9(14)15/h6-8H,4-5H2,1-3H3,(H,14,15)/t7?,8-,12?,13?/m0/s1. The van der Waals surface area contributed by atoms with Crippen molar-refractivity contribution in [1.29, 1.82) is 0 Å². The minimum atomic E-state index is -0.934. The van der Waals surface area contributed by atoms with E-state index in [4.69, 9.17) is 24.0 Å². The number of carbonyl (C=O) groups excluding carboxylic acids is 1. The van der Waals surface area contributed by atoms with Crippen molar-refractivity contribution in [2.45, 2.75) is 45.6 Å². The molecule has 0 aromatic carbocycles. The van der Waals surface area contributed by atoms with E-state index in [0.29, 0.717) is 13.0 Å². The van der Waals surface area contributed by atoms with E-state index in [1.807, 2.05) is 0 Å². The second-order valence-electron chi connectivity index (χ2n) is 4.59. The summed E-state index contributed by atoms with van der Waals surface area (Å²) < 4.78 is 14.5. The van der Waals surface area contributed by atoms with E-state index in [0.717, 1.165) is 9.98 Å². The molecule has 1 N–H and O–H groups in total. The number of aromatic nitrogens is 2. The second kappa shape index (κ2) is 5.39. The smallest absolute Gasteiger partial charge is 0.480 e. The number of carboxylic acids is 1. The Balaban J connectivity index is 1.76. The van der Waals surface area contributed by atoms with Crippen LogP contribution < -0.4 is 9.85 Å². The zero-order chi connectivity index (χ0) is 14.9. The summed E-state index contributed by atoms with van der Waals surface area (Å²) in [4.78, 5) is 28.3. The Kier molecular flexibility index (Phi) is 3.81. The fraction of sp³-hybridized carbons (Fsp3) is 0.800. The van der Waals surface area contributed by atoms with E-state index in [2.05, 4.69) is 0 Å². The highest BCUT2D eigenvalue weighted by molar-refractivity contribution is 5.77. The van der Waals surface area contributed by atoms with Gasteiger partial charge >= 0.3 is 12.1 Å². The first-order chi connectivity index (χ1) is 9.38. The van der Waals surface area contributed by atoms with Gasteiger partial charge in [-0.25, -0.2) is 14.6 Å². The van der Waals surface area contributed by atoms with Gasteiger partial charge in [0, 0.05) is 13.5 Å². The second-order valence-corrected chi connectivity index (χ2v) is 4.59. The van der Waals surface area contributed by atoms with Crippen LogP contribution in [-0.2, 0) is 14.3 Å². The van der Waals surface area contributed by atoms with Crippen molar-refractivity contribution in [2.24, 2.45) is 0 Å².